The van der Waals surface area contributed by atoms with Gasteiger partial charge in [-0.1, -0.05) is 25.7 Å². The highest BCUT2D eigenvalue weighted by molar-refractivity contribution is 5.76. The highest BCUT2D eigenvalue weighted by Crippen LogP contribution is 2.17. The summed E-state index contributed by atoms with van der Waals surface area (Å²) in [4.78, 5) is 14.5. The second-order valence-electron chi connectivity index (χ2n) is 6.71. The molecule has 0 radical (unpaired) electrons. The number of tetrazole rings is 1. The Morgan fingerprint density at radius 3 is 2.67 bits per heavy atom. The Hall–Kier alpha value is -1.54. The number of aromatic nitrogens is 4. The molecule has 1 aliphatic carbocycles. The van der Waals surface area contributed by atoms with E-state index in [1.54, 1.807) is 4.68 Å². The smallest absolute Gasteiger partial charge is 0.222 e. The summed E-state index contributed by atoms with van der Waals surface area (Å²) >= 11 is 0. The van der Waals surface area contributed by atoms with Crippen LogP contribution < -0.4 is 5.32 Å². The van der Waals surface area contributed by atoms with Crippen LogP contribution in [0.1, 0.15) is 50.8 Å². The second-order valence-corrected chi connectivity index (χ2v) is 6.71. The first-order chi connectivity index (χ1) is 11.8. The number of amides is 1. The Labute approximate surface area is 142 Å². The normalized spacial score (nSPS) is 20.7. The van der Waals surface area contributed by atoms with E-state index in [-0.39, 0.29) is 5.91 Å². The van der Waals surface area contributed by atoms with Crippen LogP contribution in [-0.4, -0.2) is 63.4 Å². The molecule has 2 fully saturated rings. The second kappa shape index (κ2) is 9.08. The molecule has 1 N–H and O–H groups in total. The van der Waals surface area contributed by atoms with Gasteiger partial charge < -0.3 is 10.1 Å². The van der Waals surface area contributed by atoms with Crippen molar-refractivity contribution in [1.82, 2.24) is 30.4 Å². The minimum absolute atomic E-state index is 0.106. The van der Waals surface area contributed by atoms with Gasteiger partial charge in [0.2, 0.25) is 5.91 Å². The third-order valence-corrected chi connectivity index (χ3v) is 4.85. The van der Waals surface area contributed by atoms with E-state index in [0.29, 0.717) is 25.6 Å². The third-order valence-electron chi connectivity index (χ3n) is 4.85. The van der Waals surface area contributed by atoms with Crippen molar-refractivity contribution in [1.29, 1.82) is 0 Å². The number of carbonyl (C=O) groups is 1. The van der Waals surface area contributed by atoms with Gasteiger partial charge in [-0.15, -0.1) is 5.10 Å². The fourth-order valence-corrected chi connectivity index (χ4v) is 3.40. The molecule has 2 aliphatic rings. The van der Waals surface area contributed by atoms with Crippen LogP contribution in [0.5, 0.6) is 0 Å². The largest absolute Gasteiger partial charge is 0.379 e. The lowest BCUT2D eigenvalue weighted by atomic mass is 10.1. The first kappa shape index (κ1) is 17.3. The molecule has 3 rings (SSSR count). The molecule has 1 saturated heterocycles. The zero-order valence-corrected chi connectivity index (χ0v) is 14.3. The maximum absolute atomic E-state index is 12.2. The summed E-state index contributed by atoms with van der Waals surface area (Å²) in [5.41, 5.74) is 0. The molecule has 0 atom stereocenters. The molecule has 1 aromatic rings. The number of hydrogen-bond acceptors (Lipinski definition) is 6. The molecule has 1 aliphatic heterocycles. The quantitative estimate of drug-likeness (QED) is 0.771. The predicted molar refractivity (Wildman–Crippen MR) is 88.2 cm³/mol. The van der Waals surface area contributed by atoms with Crippen LogP contribution in [0.15, 0.2) is 0 Å². The van der Waals surface area contributed by atoms with Crippen molar-refractivity contribution in [2.45, 2.75) is 64.1 Å². The Kier molecular flexibility index (Phi) is 6.54. The molecule has 1 aromatic heterocycles. The number of hydrogen-bond donors (Lipinski definition) is 1. The van der Waals surface area contributed by atoms with Gasteiger partial charge in [0.1, 0.15) is 0 Å². The van der Waals surface area contributed by atoms with Gasteiger partial charge in [0.25, 0.3) is 0 Å². The molecule has 0 bridgehead atoms. The van der Waals surface area contributed by atoms with Crippen molar-refractivity contribution in [3.63, 3.8) is 0 Å². The van der Waals surface area contributed by atoms with Crippen LogP contribution in [0.2, 0.25) is 0 Å². The van der Waals surface area contributed by atoms with E-state index in [0.717, 1.165) is 45.0 Å². The molecule has 1 saturated carbocycles. The lowest BCUT2D eigenvalue weighted by Gasteiger charge is -2.25. The molecule has 0 spiro atoms. The molecule has 8 heteroatoms. The zero-order chi connectivity index (χ0) is 16.6. The average molecular weight is 336 g/mol. The van der Waals surface area contributed by atoms with Gasteiger partial charge in [0.05, 0.1) is 26.3 Å². The van der Waals surface area contributed by atoms with Crippen molar-refractivity contribution in [2.24, 2.45) is 0 Å². The van der Waals surface area contributed by atoms with Crippen molar-refractivity contribution in [3.05, 3.63) is 5.82 Å². The van der Waals surface area contributed by atoms with Crippen LogP contribution in [0.25, 0.3) is 0 Å². The molecular formula is C16H28N6O2. The fraction of sp³-hybridized carbons (Fsp3) is 0.875. The van der Waals surface area contributed by atoms with Crippen LogP contribution in [-0.2, 0) is 22.6 Å². The van der Waals surface area contributed by atoms with Gasteiger partial charge in [0, 0.05) is 25.6 Å². The van der Waals surface area contributed by atoms with E-state index in [1.165, 1.54) is 25.7 Å². The maximum Gasteiger partial charge on any atom is 0.222 e. The Morgan fingerprint density at radius 1 is 1.17 bits per heavy atom. The topological polar surface area (TPSA) is 85.2 Å². The van der Waals surface area contributed by atoms with Crippen LogP contribution in [0.3, 0.4) is 0 Å². The summed E-state index contributed by atoms with van der Waals surface area (Å²) in [6, 6.07) is 0.349. The molecule has 24 heavy (non-hydrogen) atoms. The van der Waals surface area contributed by atoms with Gasteiger partial charge in [-0.2, -0.15) is 0 Å². The van der Waals surface area contributed by atoms with Crippen molar-refractivity contribution < 1.29 is 9.53 Å². The number of nitrogens with one attached hydrogen (secondary N) is 1. The van der Waals surface area contributed by atoms with E-state index >= 15 is 0 Å². The van der Waals surface area contributed by atoms with Gasteiger partial charge in [-0.3, -0.25) is 9.69 Å². The van der Waals surface area contributed by atoms with Crippen LogP contribution >= 0.6 is 0 Å². The van der Waals surface area contributed by atoms with E-state index in [1.807, 2.05) is 0 Å². The van der Waals surface area contributed by atoms with Gasteiger partial charge in [0.15, 0.2) is 5.82 Å². The Morgan fingerprint density at radius 2 is 1.92 bits per heavy atom. The summed E-state index contributed by atoms with van der Waals surface area (Å²) < 4.78 is 7.11. The SMILES string of the molecule is O=C(CCn1nnnc1CN1CCOCC1)NC1CCCCCC1. The highest BCUT2D eigenvalue weighted by Gasteiger charge is 2.17. The summed E-state index contributed by atoms with van der Waals surface area (Å²) in [5.74, 6) is 0.925. The van der Waals surface area contributed by atoms with E-state index in [2.05, 4.69) is 25.7 Å². The van der Waals surface area contributed by atoms with Gasteiger partial charge >= 0.3 is 0 Å². The van der Waals surface area contributed by atoms with Crippen molar-refractivity contribution in [3.8, 4) is 0 Å². The lowest BCUT2D eigenvalue weighted by Crippen LogP contribution is -2.37. The van der Waals surface area contributed by atoms with Crippen LogP contribution in [0.4, 0.5) is 0 Å². The minimum Gasteiger partial charge on any atom is -0.379 e. The molecule has 134 valence electrons. The number of morpholine rings is 1. The number of nitrogens with zero attached hydrogens (tertiary/aromatic N) is 5. The number of rotatable bonds is 6. The van der Waals surface area contributed by atoms with E-state index < -0.39 is 0 Å². The summed E-state index contributed by atoms with van der Waals surface area (Å²) in [7, 11) is 0. The van der Waals surface area contributed by atoms with Gasteiger partial charge in [-0.05, 0) is 23.3 Å². The minimum atomic E-state index is 0.106. The molecule has 0 aromatic carbocycles. The number of aryl methyl sites for hydroxylation is 1. The first-order valence-corrected chi connectivity index (χ1v) is 9.16. The van der Waals surface area contributed by atoms with Crippen molar-refractivity contribution in [2.75, 3.05) is 26.3 Å². The van der Waals surface area contributed by atoms with Gasteiger partial charge in [-0.25, -0.2) is 4.68 Å². The monoisotopic (exact) mass is 336 g/mol. The maximum atomic E-state index is 12.2. The fourth-order valence-electron chi connectivity index (χ4n) is 3.40. The van der Waals surface area contributed by atoms with E-state index in [9.17, 15) is 4.79 Å². The molecule has 8 nitrogen and oxygen atoms in total. The molecular weight excluding hydrogens is 308 g/mol. The summed E-state index contributed by atoms with van der Waals surface area (Å²) in [6.07, 6.45) is 7.68. The average Bonchev–Trinajstić information content (AvgIpc) is 2.87. The molecule has 0 unspecified atom stereocenters. The van der Waals surface area contributed by atoms with Crippen molar-refractivity contribution >= 4 is 5.91 Å². The lowest BCUT2D eigenvalue weighted by molar-refractivity contribution is -0.122. The van der Waals surface area contributed by atoms with E-state index in [4.69, 9.17) is 4.74 Å². The summed E-state index contributed by atoms with van der Waals surface area (Å²) in [5, 5.41) is 15.1. The number of carbonyl (C=O) groups excluding carboxylic acids is 1. The molecule has 2 heterocycles. The molecule has 1 amide bonds. The Bertz CT molecular complexity index is 506. The van der Waals surface area contributed by atoms with Crippen LogP contribution in [0, 0.1) is 0 Å². The highest BCUT2D eigenvalue weighted by atomic mass is 16.5. The Balaban J connectivity index is 1.44. The number of ether oxygens (including phenoxy) is 1. The summed E-state index contributed by atoms with van der Waals surface area (Å²) in [6.45, 7) is 4.55. The predicted octanol–water partition coefficient (Wildman–Crippen LogP) is 0.734. The first-order valence-electron chi connectivity index (χ1n) is 9.16. The standard InChI is InChI=1S/C16H28N6O2/c23-16(17-14-5-3-1-2-4-6-14)7-8-22-15(18-19-20-22)13-21-9-11-24-12-10-21/h14H,1-13H2,(H,17,23). The third kappa shape index (κ3) is 5.24. The zero-order valence-electron chi connectivity index (χ0n) is 14.3.